The third-order valence-corrected chi connectivity index (χ3v) is 3.75. The average Bonchev–Trinajstić information content (AvgIpc) is 2.54. The van der Waals surface area contributed by atoms with Crippen LogP contribution in [0.3, 0.4) is 0 Å². The third-order valence-electron chi connectivity index (χ3n) is 3.75. The zero-order chi connectivity index (χ0) is 15.8. The number of hydrogen-bond donors (Lipinski definition) is 2. The summed E-state index contributed by atoms with van der Waals surface area (Å²) in [4.78, 5) is 22.9. The molecule has 0 saturated carbocycles. The molecule has 1 heterocycles. The molecule has 1 aliphatic heterocycles. The number of ether oxygens (including phenoxy) is 2. The SMILES string of the molecule is O=C(O)C[C@H](NC(=O)OCc1ccccc1)C1CCOCC1. The van der Waals surface area contributed by atoms with E-state index in [1.165, 1.54) is 0 Å². The van der Waals surface area contributed by atoms with Crippen molar-refractivity contribution in [1.29, 1.82) is 0 Å². The lowest BCUT2D eigenvalue weighted by molar-refractivity contribution is -0.138. The molecule has 0 aromatic heterocycles. The predicted molar refractivity (Wildman–Crippen MR) is 79.3 cm³/mol. The van der Waals surface area contributed by atoms with Crippen LogP contribution in [0.15, 0.2) is 30.3 Å². The Balaban J connectivity index is 1.85. The van der Waals surface area contributed by atoms with Crippen LogP contribution in [0, 0.1) is 5.92 Å². The maximum atomic E-state index is 11.9. The van der Waals surface area contributed by atoms with Gasteiger partial charge in [-0.15, -0.1) is 0 Å². The van der Waals surface area contributed by atoms with Crippen LogP contribution in [-0.4, -0.2) is 36.4 Å². The maximum Gasteiger partial charge on any atom is 0.407 e. The molecule has 2 N–H and O–H groups in total. The molecule has 0 spiro atoms. The van der Waals surface area contributed by atoms with Gasteiger partial charge in [0.25, 0.3) is 0 Å². The van der Waals surface area contributed by atoms with Crippen LogP contribution in [0.2, 0.25) is 0 Å². The van der Waals surface area contributed by atoms with E-state index in [1.54, 1.807) is 0 Å². The second-order valence-corrected chi connectivity index (χ2v) is 5.36. The van der Waals surface area contributed by atoms with Gasteiger partial charge >= 0.3 is 12.1 Å². The highest BCUT2D eigenvalue weighted by Crippen LogP contribution is 2.21. The van der Waals surface area contributed by atoms with Crippen molar-refractivity contribution in [3.63, 3.8) is 0 Å². The van der Waals surface area contributed by atoms with Gasteiger partial charge in [-0.05, 0) is 24.3 Å². The quantitative estimate of drug-likeness (QED) is 0.841. The van der Waals surface area contributed by atoms with E-state index in [-0.39, 0.29) is 18.9 Å². The van der Waals surface area contributed by atoms with E-state index in [2.05, 4.69) is 5.32 Å². The Hall–Kier alpha value is -2.08. The van der Waals surface area contributed by atoms with E-state index >= 15 is 0 Å². The highest BCUT2D eigenvalue weighted by Gasteiger charge is 2.27. The smallest absolute Gasteiger partial charge is 0.407 e. The molecular weight excluding hydrogens is 286 g/mol. The van der Waals surface area contributed by atoms with Crippen molar-refractivity contribution >= 4 is 12.1 Å². The number of hydrogen-bond acceptors (Lipinski definition) is 4. The molecular formula is C16H21NO5. The predicted octanol–water partition coefficient (Wildman–Crippen LogP) is 2.18. The fourth-order valence-electron chi connectivity index (χ4n) is 2.56. The maximum absolute atomic E-state index is 11.9. The van der Waals surface area contributed by atoms with Crippen LogP contribution in [-0.2, 0) is 20.9 Å². The molecule has 1 fully saturated rings. The van der Waals surface area contributed by atoms with Gasteiger partial charge in [0.1, 0.15) is 6.61 Å². The summed E-state index contributed by atoms with van der Waals surface area (Å²) in [6.07, 6.45) is 0.806. The van der Waals surface area contributed by atoms with Gasteiger partial charge < -0.3 is 19.9 Å². The minimum absolute atomic E-state index is 0.106. The largest absolute Gasteiger partial charge is 0.481 e. The van der Waals surface area contributed by atoms with Crippen molar-refractivity contribution < 1.29 is 24.2 Å². The Labute approximate surface area is 129 Å². The van der Waals surface area contributed by atoms with Gasteiger partial charge in [-0.25, -0.2) is 4.79 Å². The van der Waals surface area contributed by atoms with Gasteiger partial charge in [-0.3, -0.25) is 4.79 Å². The first-order valence-electron chi connectivity index (χ1n) is 7.42. The minimum atomic E-state index is -0.931. The molecule has 1 aromatic carbocycles. The summed E-state index contributed by atoms with van der Waals surface area (Å²) in [6.45, 7) is 1.36. The molecule has 1 saturated heterocycles. The van der Waals surface area contributed by atoms with Gasteiger partial charge in [-0.1, -0.05) is 30.3 Å². The van der Waals surface area contributed by atoms with Crippen LogP contribution in [0.25, 0.3) is 0 Å². The molecule has 6 nitrogen and oxygen atoms in total. The van der Waals surface area contributed by atoms with E-state index in [1.807, 2.05) is 30.3 Å². The number of carbonyl (C=O) groups is 2. The molecule has 1 aliphatic rings. The standard InChI is InChI=1S/C16H21NO5/c18-15(19)10-14(13-6-8-21-9-7-13)17-16(20)22-11-12-4-2-1-3-5-12/h1-5,13-14H,6-11H2,(H,17,20)(H,18,19)/t14-/m0/s1. The average molecular weight is 307 g/mol. The molecule has 1 amide bonds. The van der Waals surface area contributed by atoms with Crippen LogP contribution < -0.4 is 5.32 Å². The van der Waals surface area contributed by atoms with Crippen molar-refractivity contribution in [2.45, 2.75) is 31.9 Å². The first-order chi connectivity index (χ1) is 10.6. The molecule has 1 aromatic rings. The lowest BCUT2D eigenvalue weighted by Crippen LogP contribution is -2.43. The third kappa shape index (κ3) is 5.37. The number of alkyl carbamates (subject to hydrolysis) is 1. The number of aliphatic carboxylic acids is 1. The summed E-state index contributed by atoms with van der Waals surface area (Å²) >= 11 is 0. The normalized spacial score (nSPS) is 16.7. The first-order valence-corrected chi connectivity index (χ1v) is 7.42. The summed E-state index contributed by atoms with van der Waals surface area (Å²) in [6, 6.07) is 8.92. The number of amides is 1. The van der Waals surface area contributed by atoms with E-state index < -0.39 is 18.1 Å². The van der Waals surface area contributed by atoms with Crippen molar-refractivity contribution in [2.24, 2.45) is 5.92 Å². The fraction of sp³-hybridized carbons (Fsp3) is 0.500. The summed E-state index contributed by atoms with van der Waals surface area (Å²) in [5.41, 5.74) is 0.888. The van der Waals surface area contributed by atoms with Gasteiger partial charge in [-0.2, -0.15) is 0 Å². The van der Waals surface area contributed by atoms with E-state index in [4.69, 9.17) is 14.6 Å². The number of carboxylic acid groups (broad SMARTS) is 1. The molecule has 0 bridgehead atoms. The highest BCUT2D eigenvalue weighted by molar-refractivity contribution is 5.71. The molecule has 0 aliphatic carbocycles. The van der Waals surface area contributed by atoms with Gasteiger partial charge in [0.2, 0.25) is 0 Å². The Morgan fingerprint density at radius 2 is 1.95 bits per heavy atom. The number of carboxylic acids is 1. The second-order valence-electron chi connectivity index (χ2n) is 5.36. The molecule has 1 atom stereocenters. The van der Waals surface area contributed by atoms with Crippen LogP contribution >= 0.6 is 0 Å². The minimum Gasteiger partial charge on any atom is -0.481 e. The first kappa shape index (κ1) is 16.3. The zero-order valence-electron chi connectivity index (χ0n) is 12.4. The summed E-state index contributed by atoms with van der Waals surface area (Å²) in [7, 11) is 0. The summed E-state index contributed by atoms with van der Waals surface area (Å²) in [5.74, 6) is -0.825. The van der Waals surface area contributed by atoms with Crippen LogP contribution in [0.5, 0.6) is 0 Å². The van der Waals surface area contributed by atoms with E-state index in [0.29, 0.717) is 13.2 Å². The van der Waals surface area contributed by atoms with Gasteiger partial charge in [0.15, 0.2) is 0 Å². The molecule has 0 unspecified atom stereocenters. The second kappa shape index (κ2) is 8.38. The Morgan fingerprint density at radius 3 is 2.59 bits per heavy atom. The topological polar surface area (TPSA) is 84.9 Å². The highest BCUT2D eigenvalue weighted by atomic mass is 16.5. The Bertz CT molecular complexity index is 485. The van der Waals surface area contributed by atoms with Crippen molar-refractivity contribution in [1.82, 2.24) is 5.32 Å². The summed E-state index contributed by atoms with van der Waals surface area (Å²) < 4.78 is 10.4. The van der Waals surface area contributed by atoms with Crippen molar-refractivity contribution in [2.75, 3.05) is 13.2 Å². The lowest BCUT2D eigenvalue weighted by atomic mass is 9.90. The number of nitrogens with one attached hydrogen (secondary N) is 1. The van der Waals surface area contributed by atoms with E-state index in [0.717, 1.165) is 18.4 Å². The Kier molecular flexibility index (Phi) is 6.21. The Morgan fingerprint density at radius 1 is 1.27 bits per heavy atom. The van der Waals surface area contributed by atoms with Crippen LogP contribution in [0.1, 0.15) is 24.8 Å². The van der Waals surface area contributed by atoms with E-state index in [9.17, 15) is 9.59 Å². The number of rotatable bonds is 6. The molecule has 0 radical (unpaired) electrons. The van der Waals surface area contributed by atoms with Gasteiger partial charge in [0.05, 0.1) is 6.42 Å². The monoisotopic (exact) mass is 307 g/mol. The molecule has 22 heavy (non-hydrogen) atoms. The van der Waals surface area contributed by atoms with Crippen molar-refractivity contribution in [3.05, 3.63) is 35.9 Å². The number of carbonyl (C=O) groups excluding carboxylic acids is 1. The summed E-state index contributed by atoms with van der Waals surface area (Å²) in [5, 5.41) is 11.7. The zero-order valence-corrected chi connectivity index (χ0v) is 12.4. The van der Waals surface area contributed by atoms with Gasteiger partial charge in [0, 0.05) is 19.3 Å². The molecule has 2 rings (SSSR count). The lowest BCUT2D eigenvalue weighted by Gasteiger charge is -2.29. The number of benzene rings is 1. The fourth-order valence-corrected chi connectivity index (χ4v) is 2.56. The molecule has 6 heteroatoms. The van der Waals surface area contributed by atoms with Crippen molar-refractivity contribution in [3.8, 4) is 0 Å². The van der Waals surface area contributed by atoms with Crippen LogP contribution in [0.4, 0.5) is 4.79 Å². The molecule has 120 valence electrons.